The van der Waals surface area contributed by atoms with Gasteiger partial charge in [0.1, 0.15) is 48.8 Å². The number of nitrogens with one attached hydrogen (secondary N) is 1. The number of carbonyl (C=O) groups excluding carboxylic acids is 1. The van der Waals surface area contributed by atoms with Gasteiger partial charge in [-0.1, -0.05) is 276 Å². The molecule has 0 bridgehead atoms. The van der Waals surface area contributed by atoms with Crippen molar-refractivity contribution in [3.63, 3.8) is 0 Å². The average Bonchev–Trinajstić information content (AvgIpc) is 3.49. The Morgan fingerprint density at radius 1 is 0.438 bits per heavy atom. The Morgan fingerprint density at radius 2 is 0.787 bits per heavy atom. The monoisotopic (exact) mass is 1140 g/mol. The Kier molecular flexibility index (Phi) is 48.7. The van der Waals surface area contributed by atoms with Crippen molar-refractivity contribution in [3.8, 4) is 0 Å². The molecule has 14 nitrogen and oxygen atoms in total. The molecule has 0 aromatic carbocycles. The summed E-state index contributed by atoms with van der Waals surface area (Å²) in [6, 6.07) is -0.826. The van der Waals surface area contributed by atoms with Gasteiger partial charge in [0.05, 0.1) is 32.0 Å². The standard InChI is InChI=1S/C66H127NO13/c1-3-5-7-9-11-13-15-17-19-21-23-25-26-27-28-30-32-34-36-38-40-42-44-46-48-50-58(71)67-54(55(70)49-47-45-43-41-39-37-35-33-31-29-24-22-20-18-16-14-12-10-8-6-4-2)53-77-65-63(76)61(74)64(57(52-69)79-65)80-66-62(75)60(73)59(72)56(51-68)78-66/h21,23,54-57,59-66,68-70,72-76H,3-20,22,24-53H2,1-2H3,(H,67,71)/b23-21-. The fourth-order valence-corrected chi connectivity index (χ4v) is 11.5. The van der Waals surface area contributed by atoms with E-state index in [1.165, 1.54) is 231 Å². The van der Waals surface area contributed by atoms with E-state index < -0.39 is 86.8 Å². The van der Waals surface area contributed by atoms with Gasteiger partial charge in [-0.3, -0.25) is 4.79 Å². The molecule has 1 amide bonds. The van der Waals surface area contributed by atoms with Crippen LogP contribution in [0.2, 0.25) is 0 Å². The zero-order chi connectivity index (χ0) is 58.1. The van der Waals surface area contributed by atoms with Gasteiger partial charge < -0.3 is 65.1 Å². The minimum atomic E-state index is -1.78. The van der Waals surface area contributed by atoms with Crippen LogP contribution in [0.3, 0.4) is 0 Å². The molecule has 0 aliphatic carbocycles. The van der Waals surface area contributed by atoms with Gasteiger partial charge in [-0.15, -0.1) is 0 Å². The van der Waals surface area contributed by atoms with Crippen molar-refractivity contribution in [1.29, 1.82) is 0 Å². The summed E-state index contributed by atoms with van der Waals surface area (Å²) in [5, 5.41) is 87.5. The maximum absolute atomic E-state index is 13.3. The predicted molar refractivity (Wildman–Crippen MR) is 323 cm³/mol. The van der Waals surface area contributed by atoms with Gasteiger partial charge in [0.2, 0.25) is 5.91 Å². The summed E-state index contributed by atoms with van der Waals surface area (Å²) in [5.74, 6) is -0.201. The third-order valence-corrected chi connectivity index (χ3v) is 17.0. The Hall–Kier alpha value is -1.27. The number of ether oxygens (including phenoxy) is 4. The van der Waals surface area contributed by atoms with Crippen LogP contribution in [0.25, 0.3) is 0 Å². The first-order valence-electron chi connectivity index (χ1n) is 33.9. The van der Waals surface area contributed by atoms with Crippen molar-refractivity contribution in [2.24, 2.45) is 0 Å². The summed E-state index contributed by atoms with van der Waals surface area (Å²) in [6.45, 7) is 2.91. The van der Waals surface area contributed by atoms with E-state index in [9.17, 15) is 45.6 Å². The Morgan fingerprint density at radius 3 is 1.19 bits per heavy atom. The third-order valence-electron chi connectivity index (χ3n) is 17.0. The highest BCUT2D eigenvalue weighted by atomic mass is 16.7. The molecule has 2 heterocycles. The number of carbonyl (C=O) groups is 1. The van der Waals surface area contributed by atoms with Gasteiger partial charge in [0.25, 0.3) is 0 Å². The molecule has 2 aliphatic heterocycles. The molecule has 0 spiro atoms. The Balaban J connectivity index is 1.69. The van der Waals surface area contributed by atoms with Gasteiger partial charge in [-0.2, -0.15) is 0 Å². The quantitative estimate of drug-likeness (QED) is 0.0204. The number of allylic oxidation sites excluding steroid dienone is 2. The maximum atomic E-state index is 13.3. The van der Waals surface area contributed by atoms with Crippen LogP contribution in [0.1, 0.15) is 309 Å². The molecular formula is C66H127NO13. The lowest BCUT2D eigenvalue weighted by Crippen LogP contribution is -2.65. The van der Waals surface area contributed by atoms with Gasteiger partial charge in [-0.05, 0) is 38.5 Å². The molecule has 0 aromatic heterocycles. The number of hydrogen-bond donors (Lipinski definition) is 9. The van der Waals surface area contributed by atoms with E-state index in [4.69, 9.17) is 18.9 Å². The summed E-state index contributed by atoms with van der Waals surface area (Å²) < 4.78 is 22.9. The largest absolute Gasteiger partial charge is 0.394 e. The molecule has 2 rings (SSSR count). The number of unbranched alkanes of at least 4 members (excludes halogenated alkanes) is 41. The highest BCUT2D eigenvalue weighted by Crippen LogP contribution is 2.30. The van der Waals surface area contributed by atoms with E-state index >= 15 is 0 Å². The minimum Gasteiger partial charge on any atom is -0.394 e. The topological polar surface area (TPSA) is 228 Å². The molecule has 2 fully saturated rings. The van der Waals surface area contributed by atoms with E-state index in [0.29, 0.717) is 12.8 Å². The summed E-state index contributed by atoms with van der Waals surface area (Å²) in [7, 11) is 0. The second kappa shape index (κ2) is 52.1. The van der Waals surface area contributed by atoms with E-state index in [1.807, 2.05) is 0 Å². The molecule has 2 aliphatic rings. The molecule has 0 radical (unpaired) electrons. The minimum absolute atomic E-state index is 0.201. The number of amides is 1. The Labute approximate surface area is 488 Å². The second-order valence-electron chi connectivity index (χ2n) is 24.3. The highest BCUT2D eigenvalue weighted by Gasteiger charge is 2.51. The van der Waals surface area contributed by atoms with Crippen LogP contribution in [0.4, 0.5) is 0 Å². The third kappa shape index (κ3) is 36.5. The second-order valence-corrected chi connectivity index (χ2v) is 24.3. The lowest BCUT2D eigenvalue weighted by molar-refractivity contribution is -0.359. The number of aliphatic hydroxyl groups excluding tert-OH is 8. The molecule has 80 heavy (non-hydrogen) atoms. The van der Waals surface area contributed by atoms with Crippen LogP contribution in [0.5, 0.6) is 0 Å². The smallest absolute Gasteiger partial charge is 0.220 e. The SMILES string of the molecule is CCCCCCCCCC/C=C\CCCCCCCCCCCCCCCC(=O)NC(COC1OC(CO)C(OC2OC(CO)C(O)C(O)C2O)C(O)C1O)C(O)CCCCCCCCCCCCCCCCCCCCCCC. The zero-order valence-electron chi connectivity index (χ0n) is 51.4. The van der Waals surface area contributed by atoms with Crippen LogP contribution in [0.15, 0.2) is 12.2 Å². The number of hydrogen-bond acceptors (Lipinski definition) is 13. The number of aliphatic hydroxyl groups is 8. The fraction of sp³-hybridized carbons (Fsp3) is 0.955. The van der Waals surface area contributed by atoms with Gasteiger partial charge in [0.15, 0.2) is 12.6 Å². The maximum Gasteiger partial charge on any atom is 0.220 e. The predicted octanol–water partition coefficient (Wildman–Crippen LogP) is 13.0. The van der Waals surface area contributed by atoms with Crippen molar-refractivity contribution >= 4 is 5.91 Å². The first-order valence-corrected chi connectivity index (χ1v) is 33.9. The Bertz CT molecular complexity index is 1390. The molecule has 0 aromatic rings. The summed E-state index contributed by atoms with van der Waals surface area (Å²) in [5.41, 5.74) is 0. The zero-order valence-corrected chi connectivity index (χ0v) is 51.4. The molecule has 0 saturated carbocycles. The van der Waals surface area contributed by atoms with Crippen molar-refractivity contribution < 1.29 is 64.6 Å². The van der Waals surface area contributed by atoms with Crippen molar-refractivity contribution in [2.45, 2.75) is 383 Å². The van der Waals surface area contributed by atoms with E-state index in [1.54, 1.807) is 0 Å². The summed E-state index contributed by atoms with van der Waals surface area (Å²) >= 11 is 0. The molecule has 12 unspecified atom stereocenters. The van der Waals surface area contributed by atoms with Crippen LogP contribution in [-0.2, 0) is 23.7 Å². The normalized spacial score (nSPS) is 24.2. The van der Waals surface area contributed by atoms with E-state index in [0.717, 1.165) is 51.4 Å². The van der Waals surface area contributed by atoms with Crippen LogP contribution in [0, 0.1) is 0 Å². The van der Waals surface area contributed by atoms with Crippen molar-refractivity contribution in [1.82, 2.24) is 5.32 Å². The van der Waals surface area contributed by atoms with E-state index in [-0.39, 0.29) is 12.5 Å². The van der Waals surface area contributed by atoms with Crippen molar-refractivity contribution in [3.05, 3.63) is 12.2 Å². The number of rotatable bonds is 56. The summed E-state index contributed by atoms with van der Waals surface area (Å²) in [4.78, 5) is 13.3. The van der Waals surface area contributed by atoms with Gasteiger partial charge in [-0.25, -0.2) is 0 Å². The van der Waals surface area contributed by atoms with Gasteiger partial charge in [0, 0.05) is 6.42 Å². The van der Waals surface area contributed by atoms with Gasteiger partial charge >= 0.3 is 0 Å². The lowest BCUT2D eigenvalue weighted by Gasteiger charge is -2.46. The molecule has 9 N–H and O–H groups in total. The van der Waals surface area contributed by atoms with Crippen molar-refractivity contribution in [2.75, 3.05) is 19.8 Å². The average molecular weight is 1140 g/mol. The van der Waals surface area contributed by atoms with E-state index in [2.05, 4.69) is 31.3 Å². The fourth-order valence-electron chi connectivity index (χ4n) is 11.5. The molecule has 14 heteroatoms. The van der Waals surface area contributed by atoms with Crippen LogP contribution >= 0.6 is 0 Å². The molecule has 12 atom stereocenters. The highest BCUT2D eigenvalue weighted by molar-refractivity contribution is 5.76. The lowest BCUT2D eigenvalue weighted by atomic mass is 9.97. The van der Waals surface area contributed by atoms with Crippen LogP contribution < -0.4 is 5.32 Å². The molecule has 474 valence electrons. The molecular weight excluding hydrogens is 1010 g/mol. The summed E-state index contributed by atoms with van der Waals surface area (Å²) in [6.07, 6.45) is 45.0. The first-order chi connectivity index (χ1) is 39.1. The molecule has 2 saturated heterocycles. The first kappa shape index (κ1) is 74.8. The van der Waals surface area contributed by atoms with Crippen LogP contribution in [-0.4, -0.2) is 140 Å².